The van der Waals surface area contributed by atoms with Gasteiger partial charge in [-0.2, -0.15) is 0 Å². The molecular formula is C28H37ClN4O3. The summed E-state index contributed by atoms with van der Waals surface area (Å²) in [6.45, 7) is 9.05. The van der Waals surface area contributed by atoms with Crippen LogP contribution in [0.2, 0.25) is 0 Å². The molecule has 8 heteroatoms. The van der Waals surface area contributed by atoms with E-state index < -0.39 is 0 Å². The summed E-state index contributed by atoms with van der Waals surface area (Å²) in [6.07, 6.45) is 7.70. The average molecular weight is 513 g/mol. The second kappa shape index (κ2) is 11.3. The van der Waals surface area contributed by atoms with Gasteiger partial charge in [-0.1, -0.05) is 35.9 Å². The van der Waals surface area contributed by atoms with Gasteiger partial charge >= 0.3 is 6.09 Å². The zero-order valence-corrected chi connectivity index (χ0v) is 22.0. The van der Waals surface area contributed by atoms with Gasteiger partial charge in [-0.15, -0.1) is 0 Å². The Morgan fingerprint density at radius 3 is 2.83 bits per heavy atom. The molecule has 3 unspecified atom stereocenters. The molecule has 0 spiro atoms. The Morgan fingerprint density at radius 1 is 1.19 bits per heavy atom. The van der Waals surface area contributed by atoms with E-state index in [-0.39, 0.29) is 24.1 Å². The Balaban J connectivity index is 1.31. The Morgan fingerprint density at radius 2 is 2.03 bits per heavy atom. The first-order chi connectivity index (χ1) is 17.5. The Bertz CT molecular complexity index is 1050. The van der Waals surface area contributed by atoms with Crippen molar-refractivity contribution in [2.75, 3.05) is 59.5 Å². The molecule has 3 aliphatic heterocycles. The Labute approximate surface area is 219 Å². The molecule has 0 saturated carbocycles. The van der Waals surface area contributed by atoms with Gasteiger partial charge in [0.25, 0.3) is 0 Å². The van der Waals surface area contributed by atoms with Crippen LogP contribution >= 0.6 is 11.6 Å². The smallest absolute Gasteiger partial charge is 0.410 e. The third kappa shape index (κ3) is 5.43. The van der Waals surface area contributed by atoms with E-state index in [1.165, 1.54) is 5.57 Å². The first kappa shape index (κ1) is 25.2. The van der Waals surface area contributed by atoms with Gasteiger partial charge in [-0.05, 0) is 56.2 Å². The lowest BCUT2D eigenvalue weighted by molar-refractivity contribution is 0.0921. The molecule has 7 nitrogen and oxygen atoms in total. The summed E-state index contributed by atoms with van der Waals surface area (Å²) in [5, 5.41) is 4.46. The largest absolute Gasteiger partial charge is 0.494 e. The standard InChI is InChI=1S/C28H37ClN4O3/c1-3-35-28(34)33-12-10-23-24-19-21(29)8-9-25(24)30-26(23)27(33)20-6-4-7-22(18-20)36-17-5-11-32-15-13-31(2)14-16-32/h4,6-9,18-19,24-25,27,30H,3,5,10-17H2,1-2H3. The molecule has 194 valence electrons. The number of allylic oxidation sites excluding steroid dienone is 2. The monoisotopic (exact) mass is 512 g/mol. The van der Waals surface area contributed by atoms with Crippen molar-refractivity contribution in [3.05, 3.63) is 64.4 Å². The quantitative estimate of drug-likeness (QED) is 0.554. The SMILES string of the molecule is CCOC(=O)N1CCC2=C(NC3C=CC(Cl)=CC23)C1c1cccc(OCCCN2CCN(C)CC2)c1. The zero-order chi connectivity index (χ0) is 25.1. The van der Waals surface area contributed by atoms with Gasteiger partial charge in [0.1, 0.15) is 11.8 Å². The van der Waals surface area contributed by atoms with E-state index in [9.17, 15) is 4.79 Å². The first-order valence-corrected chi connectivity index (χ1v) is 13.5. The number of amides is 1. The maximum Gasteiger partial charge on any atom is 0.410 e. The molecule has 1 fully saturated rings. The van der Waals surface area contributed by atoms with Gasteiger partial charge in [0.15, 0.2) is 0 Å². The molecule has 0 aromatic heterocycles. The van der Waals surface area contributed by atoms with Gasteiger partial charge in [-0.3, -0.25) is 4.90 Å². The molecule has 1 aromatic carbocycles. The summed E-state index contributed by atoms with van der Waals surface area (Å²) in [4.78, 5) is 19.7. The number of likely N-dealkylation sites (N-methyl/N-ethyl adjacent to an activating group) is 1. The number of carbonyl (C=O) groups excluding carboxylic acids is 1. The number of fused-ring (bicyclic) bond motifs is 2. The van der Waals surface area contributed by atoms with Crippen molar-refractivity contribution in [2.45, 2.75) is 31.8 Å². The number of carbonyl (C=O) groups is 1. The summed E-state index contributed by atoms with van der Waals surface area (Å²) >= 11 is 6.34. The van der Waals surface area contributed by atoms with Crippen molar-refractivity contribution in [3.8, 4) is 5.75 Å². The van der Waals surface area contributed by atoms with Gasteiger partial charge in [0, 0.05) is 55.9 Å². The molecule has 0 bridgehead atoms. The first-order valence-electron chi connectivity index (χ1n) is 13.2. The molecule has 36 heavy (non-hydrogen) atoms. The number of piperazine rings is 1. The van der Waals surface area contributed by atoms with Crippen LogP contribution in [0, 0.1) is 5.92 Å². The number of hydrogen-bond acceptors (Lipinski definition) is 6. The zero-order valence-electron chi connectivity index (χ0n) is 21.3. The molecule has 1 N–H and O–H groups in total. The summed E-state index contributed by atoms with van der Waals surface area (Å²) in [5.41, 5.74) is 3.44. The summed E-state index contributed by atoms with van der Waals surface area (Å²) in [7, 11) is 2.18. The van der Waals surface area contributed by atoms with Crippen LogP contribution in [0.1, 0.15) is 31.4 Å². The minimum absolute atomic E-state index is 0.163. The van der Waals surface area contributed by atoms with Gasteiger partial charge in [0.2, 0.25) is 0 Å². The van der Waals surface area contributed by atoms with E-state index in [1.54, 1.807) is 0 Å². The lowest BCUT2D eigenvalue weighted by Gasteiger charge is -2.37. The van der Waals surface area contributed by atoms with Crippen molar-refractivity contribution in [1.82, 2.24) is 20.0 Å². The van der Waals surface area contributed by atoms with Gasteiger partial charge < -0.3 is 24.6 Å². The average Bonchev–Trinajstić information content (AvgIpc) is 3.25. The number of hydrogen-bond donors (Lipinski definition) is 1. The highest BCUT2D eigenvalue weighted by atomic mass is 35.5. The molecular weight excluding hydrogens is 476 g/mol. The van der Waals surface area contributed by atoms with Gasteiger partial charge in [0.05, 0.1) is 19.3 Å². The van der Waals surface area contributed by atoms with Gasteiger partial charge in [-0.25, -0.2) is 4.79 Å². The Hall–Kier alpha value is -2.48. The molecule has 1 saturated heterocycles. The van der Waals surface area contributed by atoms with Crippen molar-refractivity contribution in [3.63, 3.8) is 0 Å². The third-order valence-electron chi connectivity index (χ3n) is 7.63. The second-order valence-corrected chi connectivity index (χ2v) is 10.4. The van der Waals surface area contributed by atoms with Crippen LogP contribution in [0.4, 0.5) is 4.79 Å². The van der Waals surface area contributed by atoms with E-state index >= 15 is 0 Å². The molecule has 1 aromatic rings. The number of nitrogens with one attached hydrogen (secondary N) is 1. The third-order valence-corrected chi connectivity index (χ3v) is 7.88. The van der Waals surface area contributed by atoms with E-state index in [0.717, 1.165) is 67.6 Å². The fourth-order valence-corrected chi connectivity index (χ4v) is 5.92. The van der Waals surface area contributed by atoms with Crippen molar-refractivity contribution in [1.29, 1.82) is 0 Å². The van der Waals surface area contributed by atoms with E-state index in [0.29, 0.717) is 19.8 Å². The van der Waals surface area contributed by atoms with Crippen LogP contribution in [0.5, 0.6) is 5.75 Å². The topological polar surface area (TPSA) is 57.3 Å². The summed E-state index contributed by atoms with van der Waals surface area (Å²) < 4.78 is 11.6. The van der Waals surface area contributed by atoms with Crippen LogP contribution in [0.25, 0.3) is 0 Å². The molecule has 3 atom stereocenters. The predicted octanol–water partition coefficient (Wildman–Crippen LogP) is 4.14. The number of halogens is 1. The lowest BCUT2D eigenvalue weighted by atomic mass is 9.85. The fourth-order valence-electron chi connectivity index (χ4n) is 5.71. The second-order valence-electron chi connectivity index (χ2n) is 10.0. The minimum Gasteiger partial charge on any atom is -0.494 e. The number of ether oxygens (including phenoxy) is 2. The maximum atomic E-state index is 13.0. The van der Waals surface area contributed by atoms with E-state index in [2.05, 4.69) is 46.4 Å². The Kier molecular flexibility index (Phi) is 7.89. The lowest BCUT2D eigenvalue weighted by Crippen LogP contribution is -2.44. The van der Waals surface area contributed by atoms with Crippen LogP contribution < -0.4 is 10.1 Å². The normalized spacial score (nSPS) is 26.2. The molecule has 0 radical (unpaired) electrons. The summed E-state index contributed by atoms with van der Waals surface area (Å²) in [5.74, 6) is 1.05. The number of benzene rings is 1. The highest BCUT2D eigenvalue weighted by Gasteiger charge is 2.43. The molecule has 4 aliphatic rings. The molecule has 1 aliphatic carbocycles. The minimum atomic E-state index is -0.284. The van der Waals surface area contributed by atoms with E-state index in [4.69, 9.17) is 21.1 Å². The predicted molar refractivity (Wildman–Crippen MR) is 142 cm³/mol. The van der Waals surface area contributed by atoms with Crippen LogP contribution in [-0.2, 0) is 4.74 Å². The number of rotatable bonds is 7. The fraction of sp³-hybridized carbons (Fsp3) is 0.536. The molecule has 1 amide bonds. The van der Waals surface area contributed by atoms with Crippen molar-refractivity contribution >= 4 is 17.7 Å². The number of nitrogens with zero attached hydrogens (tertiary/aromatic N) is 3. The molecule has 3 heterocycles. The molecule has 5 rings (SSSR count). The van der Waals surface area contributed by atoms with E-state index in [1.807, 2.05) is 30.0 Å². The van der Waals surface area contributed by atoms with Crippen molar-refractivity contribution in [2.24, 2.45) is 5.92 Å². The van der Waals surface area contributed by atoms with Crippen LogP contribution in [0.3, 0.4) is 0 Å². The maximum absolute atomic E-state index is 13.0. The van der Waals surface area contributed by atoms with Crippen molar-refractivity contribution < 1.29 is 14.3 Å². The highest BCUT2D eigenvalue weighted by molar-refractivity contribution is 6.31. The highest BCUT2D eigenvalue weighted by Crippen LogP contribution is 2.45. The van der Waals surface area contributed by atoms with Crippen LogP contribution in [-0.4, -0.2) is 86.4 Å². The summed E-state index contributed by atoms with van der Waals surface area (Å²) in [6, 6.07) is 8.09. The van der Waals surface area contributed by atoms with Crippen LogP contribution in [0.15, 0.2) is 58.8 Å².